The van der Waals surface area contributed by atoms with Gasteiger partial charge in [0.05, 0.1) is 17.3 Å². The molecule has 5 nitrogen and oxygen atoms in total. The highest BCUT2D eigenvalue weighted by atomic mass is 32.1. The Hall–Kier alpha value is -0.980. The SMILES string of the molecule is Cc1nc(CN2CCCN(C(=O)[C@H](C)OCC3CC3)CC2)cs1. The maximum Gasteiger partial charge on any atom is 0.251 e. The van der Waals surface area contributed by atoms with Crippen LogP contribution in [-0.4, -0.2) is 59.6 Å². The number of nitrogens with zero attached hydrogens (tertiary/aromatic N) is 3. The average Bonchev–Trinajstić information content (AvgIpc) is 3.31. The van der Waals surface area contributed by atoms with Gasteiger partial charge in [-0.15, -0.1) is 11.3 Å². The standard InChI is InChI=1S/C17H27N3O2S/c1-13(22-11-15-4-5-15)17(21)20-7-3-6-19(8-9-20)10-16-12-23-14(2)18-16/h12-13,15H,3-11H2,1-2H3/t13-/m0/s1. The van der Waals surface area contributed by atoms with Gasteiger partial charge in [0.2, 0.25) is 0 Å². The number of amides is 1. The molecule has 128 valence electrons. The normalized spacial score (nSPS) is 21.2. The van der Waals surface area contributed by atoms with Gasteiger partial charge in [0, 0.05) is 38.1 Å². The third-order valence-corrected chi connectivity index (χ3v) is 5.40. The summed E-state index contributed by atoms with van der Waals surface area (Å²) >= 11 is 1.70. The number of hydrogen-bond donors (Lipinski definition) is 0. The molecule has 1 saturated carbocycles. The minimum absolute atomic E-state index is 0.150. The minimum atomic E-state index is -0.302. The van der Waals surface area contributed by atoms with Crippen molar-refractivity contribution < 1.29 is 9.53 Å². The molecule has 2 fully saturated rings. The molecule has 1 aliphatic heterocycles. The van der Waals surface area contributed by atoms with Crippen LogP contribution in [-0.2, 0) is 16.1 Å². The van der Waals surface area contributed by atoms with Crippen molar-refractivity contribution in [1.82, 2.24) is 14.8 Å². The van der Waals surface area contributed by atoms with Crippen molar-refractivity contribution in [3.8, 4) is 0 Å². The first-order valence-corrected chi connectivity index (χ1v) is 9.53. The maximum atomic E-state index is 12.5. The van der Waals surface area contributed by atoms with E-state index < -0.39 is 0 Å². The topological polar surface area (TPSA) is 45.7 Å². The van der Waals surface area contributed by atoms with Crippen molar-refractivity contribution in [3.63, 3.8) is 0 Å². The summed E-state index contributed by atoms with van der Waals surface area (Å²) in [6, 6.07) is 0. The van der Waals surface area contributed by atoms with E-state index in [1.165, 1.54) is 12.8 Å². The van der Waals surface area contributed by atoms with E-state index in [1.54, 1.807) is 11.3 Å². The zero-order valence-electron chi connectivity index (χ0n) is 14.2. The monoisotopic (exact) mass is 337 g/mol. The van der Waals surface area contributed by atoms with Crippen LogP contribution in [0.1, 0.15) is 36.9 Å². The molecule has 2 aliphatic rings. The first-order valence-electron chi connectivity index (χ1n) is 8.65. The Balaban J connectivity index is 1.46. The van der Waals surface area contributed by atoms with E-state index in [9.17, 15) is 4.79 Å². The first kappa shape index (κ1) is 16.9. The highest BCUT2D eigenvalue weighted by Gasteiger charge is 2.27. The highest BCUT2D eigenvalue weighted by molar-refractivity contribution is 7.09. The van der Waals surface area contributed by atoms with Crippen LogP contribution in [0.25, 0.3) is 0 Å². The molecule has 0 unspecified atom stereocenters. The average molecular weight is 337 g/mol. The van der Waals surface area contributed by atoms with Crippen LogP contribution in [0.2, 0.25) is 0 Å². The summed E-state index contributed by atoms with van der Waals surface area (Å²) in [7, 11) is 0. The molecule has 0 spiro atoms. The molecule has 0 bridgehead atoms. The Morgan fingerprint density at radius 1 is 1.39 bits per heavy atom. The fraction of sp³-hybridized carbons (Fsp3) is 0.765. The van der Waals surface area contributed by atoms with Gasteiger partial charge < -0.3 is 9.64 Å². The Labute approximate surface area is 142 Å². The van der Waals surface area contributed by atoms with Crippen molar-refractivity contribution in [2.45, 2.75) is 45.8 Å². The lowest BCUT2D eigenvalue weighted by Gasteiger charge is -2.24. The summed E-state index contributed by atoms with van der Waals surface area (Å²) in [5.41, 5.74) is 1.15. The molecular weight excluding hydrogens is 310 g/mol. The van der Waals surface area contributed by atoms with Crippen molar-refractivity contribution in [2.24, 2.45) is 5.92 Å². The highest BCUT2D eigenvalue weighted by Crippen LogP contribution is 2.29. The van der Waals surface area contributed by atoms with Crippen LogP contribution >= 0.6 is 11.3 Å². The minimum Gasteiger partial charge on any atom is -0.368 e. The molecule has 1 aromatic rings. The van der Waals surface area contributed by atoms with Crippen molar-refractivity contribution in [3.05, 3.63) is 16.1 Å². The molecule has 1 amide bonds. The largest absolute Gasteiger partial charge is 0.368 e. The predicted molar refractivity (Wildman–Crippen MR) is 91.5 cm³/mol. The number of thiazole rings is 1. The fourth-order valence-electron chi connectivity index (χ4n) is 2.95. The summed E-state index contributed by atoms with van der Waals surface area (Å²) in [6.07, 6.45) is 3.23. The van der Waals surface area contributed by atoms with Crippen molar-refractivity contribution >= 4 is 17.2 Å². The van der Waals surface area contributed by atoms with E-state index in [0.29, 0.717) is 5.92 Å². The molecule has 1 saturated heterocycles. The van der Waals surface area contributed by atoms with E-state index in [4.69, 9.17) is 4.74 Å². The van der Waals surface area contributed by atoms with Gasteiger partial charge in [-0.1, -0.05) is 0 Å². The van der Waals surface area contributed by atoms with Crippen LogP contribution in [0, 0.1) is 12.8 Å². The number of hydrogen-bond acceptors (Lipinski definition) is 5. The molecule has 0 radical (unpaired) electrons. The molecule has 6 heteroatoms. The van der Waals surface area contributed by atoms with Gasteiger partial charge in [-0.3, -0.25) is 9.69 Å². The van der Waals surface area contributed by atoms with Crippen molar-refractivity contribution in [2.75, 3.05) is 32.8 Å². The lowest BCUT2D eigenvalue weighted by atomic mass is 10.3. The zero-order chi connectivity index (χ0) is 16.2. The van der Waals surface area contributed by atoms with Crippen LogP contribution < -0.4 is 0 Å². The molecule has 0 aromatic carbocycles. The number of aryl methyl sites for hydroxylation is 1. The van der Waals surface area contributed by atoms with Gasteiger partial charge in [-0.2, -0.15) is 0 Å². The lowest BCUT2D eigenvalue weighted by Crippen LogP contribution is -2.41. The van der Waals surface area contributed by atoms with Gasteiger partial charge in [0.25, 0.3) is 5.91 Å². The number of carbonyl (C=O) groups excluding carboxylic acids is 1. The van der Waals surface area contributed by atoms with Gasteiger partial charge in [-0.25, -0.2) is 4.98 Å². The summed E-state index contributed by atoms with van der Waals surface area (Å²) in [6.45, 7) is 9.14. The van der Waals surface area contributed by atoms with E-state index >= 15 is 0 Å². The molecule has 23 heavy (non-hydrogen) atoms. The maximum absolute atomic E-state index is 12.5. The number of carbonyl (C=O) groups is 1. The van der Waals surface area contributed by atoms with Crippen LogP contribution in [0.3, 0.4) is 0 Å². The molecule has 0 N–H and O–H groups in total. The lowest BCUT2D eigenvalue weighted by molar-refractivity contribution is -0.142. The predicted octanol–water partition coefficient (Wildman–Crippen LogP) is 2.30. The second-order valence-electron chi connectivity index (χ2n) is 6.73. The van der Waals surface area contributed by atoms with Gasteiger partial charge >= 0.3 is 0 Å². The summed E-state index contributed by atoms with van der Waals surface area (Å²) < 4.78 is 5.73. The summed E-state index contributed by atoms with van der Waals surface area (Å²) in [5.74, 6) is 0.850. The van der Waals surface area contributed by atoms with Crippen molar-refractivity contribution in [1.29, 1.82) is 0 Å². The van der Waals surface area contributed by atoms with E-state index in [2.05, 4.69) is 15.3 Å². The number of rotatable bonds is 6. The third-order valence-electron chi connectivity index (χ3n) is 4.58. The van der Waals surface area contributed by atoms with Crippen LogP contribution in [0.5, 0.6) is 0 Å². The molecule has 2 heterocycles. The number of ether oxygens (including phenoxy) is 1. The molecule has 1 aromatic heterocycles. The third kappa shape index (κ3) is 4.99. The van der Waals surface area contributed by atoms with Crippen LogP contribution in [0.15, 0.2) is 5.38 Å². The van der Waals surface area contributed by atoms with Gasteiger partial charge in [-0.05, 0) is 39.0 Å². The Morgan fingerprint density at radius 2 is 2.22 bits per heavy atom. The molecule has 3 rings (SSSR count). The Kier molecular flexibility index (Phi) is 5.67. The zero-order valence-corrected chi connectivity index (χ0v) is 15.0. The molecular formula is C17H27N3O2S. The van der Waals surface area contributed by atoms with Crippen LogP contribution in [0.4, 0.5) is 0 Å². The van der Waals surface area contributed by atoms with Gasteiger partial charge in [0.1, 0.15) is 6.10 Å². The van der Waals surface area contributed by atoms with E-state index in [-0.39, 0.29) is 12.0 Å². The molecule has 1 aliphatic carbocycles. The smallest absolute Gasteiger partial charge is 0.251 e. The van der Waals surface area contributed by atoms with E-state index in [0.717, 1.165) is 56.5 Å². The molecule has 1 atom stereocenters. The quantitative estimate of drug-likeness (QED) is 0.799. The van der Waals surface area contributed by atoms with Gasteiger partial charge in [0.15, 0.2) is 0 Å². The second-order valence-corrected chi connectivity index (χ2v) is 7.79. The Bertz CT molecular complexity index is 530. The number of aromatic nitrogens is 1. The second kappa shape index (κ2) is 7.73. The fourth-order valence-corrected chi connectivity index (χ4v) is 3.56. The van der Waals surface area contributed by atoms with E-state index in [1.807, 2.05) is 18.7 Å². The Morgan fingerprint density at radius 3 is 2.91 bits per heavy atom. The summed E-state index contributed by atoms with van der Waals surface area (Å²) in [5, 5.41) is 3.25. The summed E-state index contributed by atoms with van der Waals surface area (Å²) in [4.78, 5) is 21.4. The first-order chi connectivity index (χ1) is 11.1.